The molecule has 0 aliphatic carbocycles. The fourth-order valence-corrected chi connectivity index (χ4v) is 2.15. The van der Waals surface area contributed by atoms with Crippen LogP contribution in [0.15, 0.2) is 35.0 Å². The second-order valence-corrected chi connectivity index (χ2v) is 5.29. The average Bonchev–Trinajstić information content (AvgIpc) is 2.83. The molecular weight excluding hydrogens is 328 g/mol. The van der Waals surface area contributed by atoms with Gasteiger partial charge in [-0.15, -0.1) is 0 Å². The number of phenolic OH excluding ortho intramolecular Hbond substituents is 1. The fourth-order valence-electron chi connectivity index (χ4n) is 2.15. The maximum absolute atomic E-state index is 12.4. The highest BCUT2D eigenvalue weighted by atomic mass is 16.4. The van der Waals surface area contributed by atoms with Crippen molar-refractivity contribution in [2.45, 2.75) is 12.8 Å². The van der Waals surface area contributed by atoms with Crippen LogP contribution in [0.3, 0.4) is 0 Å². The third-order valence-corrected chi connectivity index (χ3v) is 3.33. The van der Waals surface area contributed by atoms with E-state index in [1.54, 1.807) is 12.1 Å². The molecule has 130 valence electrons. The van der Waals surface area contributed by atoms with Crippen LogP contribution in [-0.2, 0) is 14.4 Å². The molecule has 2 amide bonds. The highest BCUT2D eigenvalue weighted by Gasteiger charge is 2.33. The van der Waals surface area contributed by atoms with Gasteiger partial charge < -0.3 is 21.4 Å². The summed E-state index contributed by atoms with van der Waals surface area (Å²) in [4.78, 5) is 39.2. The number of carboxylic acid groups (broad SMARTS) is 1. The molecule has 0 unspecified atom stereocenters. The van der Waals surface area contributed by atoms with E-state index >= 15 is 0 Å². The molecule has 0 aromatic heterocycles. The molecule has 1 aromatic rings. The van der Waals surface area contributed by atoms with Gasteiger partial charge in [-0.25, -0.2) is 4.99 Å². The molecule has 1 aliphatic heterocycles. The van der Waals surface area contributed by atoms with E-state index in [2.05, 4.69) is 4.99 Å². The number of primary amides is 1. The van der Waals surface area contributed by atoms with Crippen molar-refractivity contribution in [1.82, 2.24) is 4.90 Å². The second kappa shape index (κ2) is 7.39. The number of benzene rings is 1. The number of rotatable bonds is 7. The molecule has 0 atom stereocenters. The molecule has 9 heteroatoms. The van der Waals surface area contributed by atoms with Crippen LogP contribution in [0.2, 0.25) is 0 Å². The Hall–Kier alpha value is -3.49. The van der Waals surface area contributed by atoms with Crippen LogP contribution in [0.5, 0.6) is 5.75 Å². The van der Waals surface area contributed by atoms with Crippen molar-refractivity contribution in [1.29, 1.82) is 5.41 Å². The van der Waals surface area contributed by atoms with Crippen LogP contribution in [0, 0.1) is 5.41 Å². The minimum atomic E-state index is -1.25. The molecule has 0 bridgehead atoms. The van der Waals surface area contributed by atoms with Crippen molar-refractivity contribution in [2.24, 2.45) is 10.7 Å². The van der Waals surface area contributed by atoms with E-state index < -0.39 is 24.3 Å². The van der Waals surface area contributed by atoms with Crippen molar-refractivity contribution in [3.05, 3.63) is 35.5 Å². The van der Waals surface area contributed by atoms with Gasteiger partial charge in [-0.1, -0.05) is 12.1 Å². The molecule has 1 aliphatic rings. The minimum absolute atomic E-state index is 0.0363. The first-order valence-corrected chi connectivity index (χ1v) is 7.27. The predicted molar refractivity (Wildman–Crippen MR) is 89.0 cm³/mol. The van der Waals surface area contributed by atoms with Crippen LogP contribution in [0.25, 0.3) is 6.08 Å². The predicted octanol–water partition coefficient (Wildman–Crippen LogP) is 0.344. The van der Waals surface area contributed by atoms with Gasteiger partial charge in [0.25, 0.3) is 5.91 Å². The molecule has 0 fully saturated rings. The first-order valence-electron chi connectivity index (χ1n) is 7.27. The number of aliphatic carboxylic acids is 1. The summed E-state index contributed by atoms with van der Waals surface area (Å²) in [7, 11) is 0. The largest absolute Gasteiger partial charge is 0.508 e. The van der Waals surface area contributed by atoms with E-state index in [0.29, 0.717) is 5.56 Å². The minimum Gasteiger partial charge on any atom is -0.508 e. The summed E-state index contributed by atoms with van der Waals surface area (Å²) in [6.07, 6.45) is 1.26. The van der Waals surface area contributed by atoms with Crippen molar-refractivity contribution >= 4 is 35.4 Å². The van der Waals surface area contributed by atoms with Gasteiger partial charge in [-0.2, -0.15) is 0 Å². The number of hydrogen-bond acceptors (Lipinski definition) is 6. The monoisotopic (exact) mass is 344 g/mol. The van der Waals surface area contributed by atoms with Crippen LogP contribution in [0.4, 0.5) is 0 Å². The Morgan fingerprint density at radius 1 is 1.24 bits per heavy atom. The maximum atomic E-state index is 12.4. The number of hydrogen-bond donors (Lipinski definition) is 4. The summed E-state index contributed by atoms with van der Waals surface area (Å²) >= 11 is 0. The van der Waals surface area contributed by atoms with E-state index in [4.69, 9.17) is 16.2 Å². The summed E-state index contributed by atoms with van der Waals surface area (Å²) in [6.45, 7) is -0.649. The van der Waals surface area contributed by atoms with Gasteiger partial charge in [0.1, 0.15) is 18.0 Å². The van der Waals surface area contributed by atoms with E-state index in [9.17, 15) is 19.5 Å². The zero-order valence-corrected chi connectivity index (χ0v) is 13.1. The maximum Gasteiger partial charge on any atom is 0.323 e. The Labute approximate surface area is 142 Å². The van der Waals surface area contributed by atoms with Gasteiger partial charge in [-0.3, -0.25) is 19.3 Å². The Bertz CT molecular complexity index is 795. The highest BCUT2D eigenvalue weighted by molar-refractivity contribution is 6.46. The molecule has 0 spiro atoms. The Balaban J connectivity index is 2.33. The number of carbonyl (C=O) groups excluding carboxylic acids is 2. The standard InChI is InChI=1S/C16H16N4O5/c17-11(5-6-13(18)22)15-19-12(16(25)20(15)8-14(23)24)7-9-1-3-10(21)4-2-9/h1-4,7,17,21H,5-6,8H2,(H2,18,22)(H,23,24)/b12-7+,17-11?. The molecule has 2 rings (SSSR count). The Morgan fingerprint density at radius 2 is 1.88 bits per heavy atom. The van der Waals surface area contributed by atoms with Crippen molar-refractivity contribution in [2.75, 3.05) is 6.54 Å². The highest BCUT2D eigenvalue weighted by Crippen LogP contribution is 2.20. The van der Waals surface area contributed by atoms with Crippen LogP contribution >= 0.6 is 0 Å². The molecule has 9 nitrogen and oxygen atoms in total. The average molecular weight is 344 g/mol. The van der Waals surface area contributed by atoms with Gasteiger partial charge in [0, 0.05) is 12.8 Å². The number of carbonyl (C=O) groups is 3. The number of nitrogens with zero attached hydrogens (tertiary/aromatic N) is 2. The van der Waals surface area contributed by atoms with Crippen LogP contribution in [0.1, 0.15) is 18.4 Å². The molecule has 0 radical (unpaired) electrons. The normalized spacial score (nSPS) is 15.4. The van der Waals surface area contributed by atoms with Crippen molar-refractivity contribution < 1.29 is 24.6 Å². The second-order valence-electron chi connectivity index (χ2n) is 5.29. The van der Waals surface area contributed by atoms with Gasteiger partial charge in [-0.05, 0) is 23.8 Å². The number of aliphatic imine (C=N–C) groups is 1. The summed E-state index contributed by atoms with van der Waals surface area (Å²) < 4.78 is 0. The quantitative estimate of drug-likeness (QED) is 0.414. The Kier molecular flexibility index (Phi) is 5.28. The molecule has 25 heavy (non-hydrogen) atoms. The van der Waals surface area contributed by atoms with E-state index in [0.717, 1.165) is 4.90 Å². The summed E-state index contributed by atoms with van der Waals surface area (Å²) in [6, 6.07) is 5.98. The van der Waals surface area contributed by atoms with E-state index in [1.807, 2.05) is 0 Å². The third kappa shape index (κ3) is 4.50. The number of amidine groups is 1. The molecule has 0 saturated heterocycles. The zero-order chi connectivity index (χ0) is 18.6. The number of carboxylic acids is 1. The Morgan fingerprint density at radius 3 is 2.44 bits per heavy atom. The molecule has 0 saturated carbocycles. The van der Waals surface area contributed by atoms with Gasteiger partial charge >= 0.3 is 5.97 Å². The summed E-state index contributed by atoms with van der Waals surface area (Å²) in [5.74, 6) is -2.58. The molecule has 1 heterocycles. The fraction of sp³-hybridized carbons (Fsp3) is 0.188. The van der Waals surface area contributed by atoms with Gasteiger partial charge in [0.15, 0.2) is 5.84 Å². The first kappa shape index (κ1) is 17.9. The molecule has 1 aromatic carbocycles. The summed E-state index contributed by atoms with van der Waals surface area (Å²) in [5.41, 5.74) is 5.43. The lowest BCUT2D eigenvalue weighted by atomic mass is 10.1. The zero-order valence-electron chi connectivity index (χ0n) is 13.1. The third-order valence-electron chi connectivity index (χ3n) is 3.33. The lowest BCUT2D eigenvalue weighted by Gasteiger charge is -2.15. The smallest absolute Gasteiger partial charge is 0.323 e. The number of nitrogens with two attached hydrogens (primary N) is 1. The van der Waals surface area contributed by atoms with Gasteiger partial charge in [0.05, 0.1) is 5.71 Å². The topological polar surface area (TPSA) is 157 Å². The van der Waals surface area contributed by atoms with Crippen molar-refractivity contribution in [3.8, 4) is 5.75 Å². The molecule has 5 N–H and O–H groups in total. The number of phenols is 1. The van der Waals surface area contributed by atoms with Crippen LogP contribution in [-0.4, -0.2) is 51.0 Å². The number of aromatic hydroxyl groups is 1. The van der Waals surface area contributed by atoms with E-state index in [1.165, 1.54) is 18.2 Å². The van der Waals surface area contributed by atoms with Crippen LogP contribution < -0.4 is 5.73 Å². The number of nitrogens with one attached hydrogen (secondary N) is 1. The summed E-state index contributed by atoms with van der Waals surface area (Å²) in [5, 5.41) is 26.2. The van der Waals surface area contributed by atoms with Crippen molar-refractivity contribution in [3.63, 3.8) is 0 Å². The first-order chi connectivity index (χ1) is 11.8. The SMILES string of the molecule is N=C(CCC(N)=O)C1=N/C(=C/c2ccc(O)cc2)C(=O)N1CC(=O)O. The number of amides is 2. The lowest BCUT2D eigenvalue weighted by Crippen LogP contribution is -2.40. The lowest BCUT2D eigenvalue weighted by molar-refractivity contribution is -0.140. The van der Waals surface area contributed by atoms with Gasteiger partial charge in [0.2, 0.25) is 5.91 Å². The molecular formula is C16H16N4O5. The van der Waals surface area contributed by atoms with E-state index in [-0.39, 0.29) is 35.8 Å².